The Morgan fingerprint density at radius 1 is 1.27 bits per heavy atom. The molecule has 0 aromatic carbocycles. The lowest BCUT2D eigenvalue weighted by molar-refractivity contribution is -0.150. The molecule has 2 atom stereocenters. The fraction of sp³-hybridized carbons (Fsp3) is 0.917. The van der Waals surface area contributed by atoms with Gasteiger partial charge in [-0.15, -0.1) is 0 Å². The van der Waals surface area contributed by atoms with Crippen LogP contribution in [0.2, 0.25) is 0 Å². The summed E-state index contributed by atoms with van der Waals surface area (Å²) in [6.07, 6.45) is 5.92. The van der Waals surface area contributed by atoms with Crippen molar-refractivity contribution in [1.82, 2.24) is 5.32 Å². The first-order valence-electron chi connectivity index (χ1n) is 5.99. The maximum Gasteiger partial charge on any atom is 0.323 e. The quantitative estimate of drug-likeness (QED) is 0.499. The van der Waals surface area contributed by atoms with Gasteiger partial charge in [-0.1, -0.05) is 26.2 Å². The zero-order valence-corrected chi connectivity index (χ0v) is 10.5. The van der Waals surface area contributed by atoms with Crippen LogP contribution in [-0.2, 0) is 9.53 Å². The van der Waals surface area contributed by atoms with Crippen molar-refractivity contribution >= 4 is 5.97 Å². The van der Waals surface area contributed by atoms with Crippen molar-refractivity contribution in [3.63, 3.8) is 0 Å². The van der Waals surface area contributed by atoms with Crippen LogP contribution in [0, 0.1) is 0 Å². The minimum Gasteiger partial charge on any atom is -0.462 e. The number of carbonyl (C=O) groups excluding carboxylic acids is 1. The summed E-state index contributed by atoms with van der Waals surface area (Å²) in [7, 11) is 1.76. The zero-order valence-electron chi connectivity index (χ0n) is 10.5. The molecule has 15 heavy (non-hydrogen) atoms. The van der Waals surface area contributed by atoms with Crippen molar-refractivity contribution in [2.45, 2.75) is 65.0 Å². The van der Waals surface area contributed by atoms with Crippen LogP contribution in [0.15, 0.2) is 0 Å². The first-order chi connectivity index (χ1) is 7.11. The number of nitrogens with one attached hydrogen (secondary N) is 1. The van der Waals surface area contributed by atoms with E-state index < -0.39 is 0 Å². The number of carbonyl (C=O) groups is 1. The minimum absolute atomic E-state index is 0.0464. The Hall–Kier alpha value is -0.570. The molecule has 0 aliphatic carbocycles. The third-order valence-corrected chi connectivity index (χ3v) is 2.57. The molecule has 2 unspecified atom stereocenters. The Bertz CT molecular complexity index is 171. The third-order valence-electron chi connectivity index (χ3n) is 2.57. The lowest BCUT2D eigenvalue weighted by Gasteiger charge is -2.16. The smallest absolute Gasteiger partial charge is 0.323 e. The summed E-state index contributed by atoms with van der Waals surface area (Å²) in [5, 5.41) is 2.87. The second-order valence-electron chi connectivity index (χ2n) is 4.11. The predicted octanol–water partition coefficient (Wildman–Crippen LogP) is 2.50. The van der Waals surface area contributed by atoms with Crippen molar-refractivity contribution in [2.75, 3.05) is 7.05 Å². The van der Waals surface area contributed by atoms with Crippen LogP contribution >= 0.6 is 0 Å². The first kappa shape index (κ1) is 14.4. The first-order valence-corrected chi connectivity index (χ1v) is 5.99. The van der Waals surface area contributed by atoms with Crippen LogP contribution < -0.4 is 5.32 Å². The maximum absolute atomic E-state index is 11.4. The van der Waals surface area contributed by atoms with Crippen LogP contribution in [0.1, 0.15) is 52.9 Å². The fourth-order valence-corrected chi connectivity index (χ4v) is 1.34. The van der Waals surface area contributed by atoms with E-state index in [0.717, 1.165) is 12.8 Å². The number of rotatable bonds is 8. The molecule has 1 N–H and O–H groups in total. The second kappa shape index (κ2) is 8.72. The van der Waals surface area contributed by atoms with E-state index in [9.17, 15) is 4.79 Å². The van der Waals surface area contributed by atoms with Crippen molar-refractivity contribution in [2.24, 2.45) is 0 Å². The van der Waals surface area contributed by atoms with Crippen molar-refractivity contribution in [3.8, 4) is 0 Å². The van der Waals surface area contributed by atoms with Gasteiger partial charge in [0.15, 0.2) is 0 Å². The van der Waals surface area contributed by atoms with Gasteiger partial charge in [-0.2, -0.15) is 0 Å². The molecule has 0 aliphatic heterocycles. The fourth-order valence-electron chi connectivity index (χ4n) is 1.34. The van der Waals surface area contributed by atoms with Gasteiger partial charge in [0.1, 0.15) is 6.04 Å². The van der Waals surface area contributed by atoms with E-state index in [1.165, 1.54) is 19.3 Å². The number of ether oxygens (including phenoxy) is 1. The highest BCUT2D eigenvalue weighted by Crippen LogP contribution is 2.08. The minimum atomic E-state index is -0.205. The molecule has 0 heterocycles. The Labute approximate surface area is 93.6 Å². The molecule has 0 saturated carbocycles. The molecule has 0 radical (unpaired) electrons. The molecule has 0 aromatic rings. The topological polar surface area (TPSA) is 38.3 Å². The average Bonchev–Trinajstić information content (AvgIpc) is 2.23. The van der Waals surface area contributed by atoms with E-state index in [1.54, 1.807) is 7.05 Å². The van der Waals surface area contributed by atoms with Crippen LogP contribution in [-0.4, -0.2) is 25.2 Å². The molecule has 0 saturated heterocycles. The Morgan fingerprint density at radius 3 is 2.47 bits per heavy atom. The molecule has 0 rings (SSSR count). The highest BCUT2D eigenvalue weighted by molar-refractivity contribution is 5.75. The monoisotopic (exact) mass is 215 g/mol. The highest BCUT2D eigenvalue weighted by Gasteiger charge is 2.14. The summed E-state index contributed by atoms with van der Waals surface area (Å²) in [4.78, 5) is 11.4. The Kier molecular flexibility index (Phi) is 8.38. The number of hydrogen-bond acceptors (Lipinski definition) is 3. The number of esters is 1. The summed E-state index contributed by atoms with van der Waals surface area (Å²) in [5.41, 5.74) is 0. The molecule has 0 bridgehead atoms. The summed E-state index contributed by atoms with van der Waals surface area (Å²) in [6, 6.07) is -0.205. The van der Waals surface area contributed by atoms with Gasteiger partial charge in [0.25, 0.3) is 0 Å². The molecule has 3 nitrogen and oxygen atoms in total. The van der Waals surface area contributed by atoms with Crippen molar-refractivity contribution < 1.29 is 9.53 Å². The van der Waals surface area contributed by atoms with E-state index in [2.05, 4.69) is 12.2 Å². The van der Waals surface area contributed by atoms with Crippen LogP contribution in [0.4, 0.5) is 0 Å². The highest BCUT2D eigenvalue weighted by atomic mass is 16.5. The number of unbranched alkanes of at least 4 members (excludes halogenated alkanes) is 3. The van der Waals surface area contributed by atoms with Gasteiger partial charge in [-0.05, 0) is 33.7 Å². The van der Waals surface area contributed by atoms with Gasteiger partial charge < -0.3 is 10.1 Å². The summed E-state index contributed by atoms with van der Waals surface area (Å²) in [5.74, 6) is -0.152. The molecule has 90 valence electrons. The van der Waals surface area contributed by atoms with E-state index in [0.29, 0.717) is 0 Å². The van der Waals surface area contributed by atoms with E-state index in [1.807, 2.05) is 13.8 Å². The lowest BCUT2D eigenvalue weighted by atomic mass is 10.1. The van der Waals surface area contributed by atoms with E-state index in [-0.39, 0.29) is 18.1 Å². The summed E-state index contributed by atoms with van der Waals surface area (Å²) >= 11 is 0. The normalized spacial score (nSPS) is 14.7. The van der Waals surface area contributed by atoms with Crippen molar-refractivity contribution in [1.29, 1.82) is 0 Å². The van der Waals surface area contributed by atoms with Gasteiger partial charge in [-0.3, -0.25) is 4.79 Å². The molecular formula is C12H25NO2. The summed E-state index contributed by atoms with van der Waals surface area (Å²) in [6.45, 7) is 5.97. The third kappa shape index (κ3) is 7.37. The van der Waals surface area contributed by atoms with Gasteiger partial charge in [0.2, 0.25) is 0 Å². The molecule has 0 aliphatic rings. The average molecular weight is 215 g/mol. The molecule has 3 heteroatoms. The Balaban J connectivity index is 3.55. The van der Waals surface area contributed by atoms with Crippen LogP contribution in [0.25, 0.3) is 0 Å². The van der Waals surface area contributed by atoms with E-state index in [4.69, 9.17) is 4.74 Å². The maximum atomic E-state index is 11.4. The van der Waals surface area contributed by atoms with Crippen molar-refractivity contribution in [3.05, 3.63) is 0 Å². The summed E-state index contributed by atoms with van der Waals surface area (Å²) < 4.78 is 5.28. The molecular weight excluding hydrogens is 190 g/mol. The largest absolute Gasteiger partial charge is 0.462 e. The van der Waals surface area contributed by atoms with Gasteiger partial charge in [-0.25, -0.2) is 0 Å². The SMILES string of the molecule is CCCCCCC(C)OC(=O)C(C)NC. The van der Waals surface area contributed by atoms with Crippen LogP contribution in [0.5, 0.6) is 0 Å². The van der Waals surface area contributed by atoms with Gasteiger partial charge >= 0.3 is 5.97 Å². The van der Waals surface area contributed by atoms with Crippen LogP contribution in [0.3, 0.4) is 0 Å². The Morgan fingerprint density at radius 2 is 1.93 bits per heavy atom. The number of likely N-dealkylation sites (N-methyl/N-ethyl adjacent to an activating group) is 1. The predicted molar refractivity (Wildman–Crippen MR) is 62.8 cm³/mol. The standard InChI is InChI=1S/C12H25NO2/c1-5-6-7-8-9-10(2)15-12(14)11(3)13-4/h10-11,13H,5-9H2,1-4H3. The molecule has 0 fully saturated rings. The second-order valence-corrected chi connectivity index (χ2v) is 4.11. The molecule has 0 amide bonds. The number of hydrogen-bond donors (Lipinski definition) is 1. The van der Waals surface area contributed by atoms with Gasteiger partial charge in [0, 0.05) is 0 Å². The zero-order chi connectivity index (χ0) is 11.7. The lowest BCUT2D eigenvalue weighted by Crippen LogP contribution is -2.34. The molecule has 0 spiro atoms. The van der Waals surface area contributed by atoms with Gasteiger partial charge in [0.05, 0.1) is 6.10 Å². The molecule has 0 aromatic heterocycles. The van der Waals surface area contributed by atoms with E-state index >= 15 is 0 Å².